The van der Waals surface area contributed by atoms with Crippen LogP contribution in [0.2, 0.25) is 0 Å². The van der Waals surface area contributed by atoms with Gasteiger partial charge in [-0.3, -0.25) is 0 Å². The summed E-state index contributed by atoms with van der Waals surface area (Å²) in [6.45, 7) is 0. The average Bonchev–Trinajstić information content (AvgIpc) is 1.52. The maximum absolute atomic E-state index is 6.30. The highest BCUT2D eigenvalue weighted by atomic mass is 16.3. The standard InChI is InChI=1S/C46H37NO.2C44H37N/c1-2-8-35(9-3-1)47(37-19-20-40-39-11-5-7-13-44(39)48-45(40)28-37)36-17-14-31(15-18-36)32-16-21-43-41(27-32)38-10-4-6-12-42(38)46(43)33-23-29-22-30(25-33)26-34(46)24-29;1-2-11-36(12-3-1)45(43-16-8-10-32-9-4-5-13-38(32)43)37-20-17-31(18-21-37)33-19-22-42-40(28-33)39-14-6-7-15-41(39)44(42)34-24-29-23-30(26-34)27-35(44)25-29;1-2-10-37(11-3-1)45(39-20-16-31-8-4-5-9-33(31)27-39)38-18-14-32(15-19-38)34-17-21-43-41(28-34)40-12-6-7-13-42(40)44(43)35-23-29-22-30(25-35)26-36(44)24-29/h1-21,27-30,33-34H,22-26H2;1-22,28-30,34-35H,23-27H2;1-21,27-30,35-36H,22-26H2. The normalized spacial score (nSPS) is 25.2. The minimum absolute atomic E-state index is 0.221. The lowest BCUT2D eigenvalue weighted by Crippen LogP contribution is -2.55. The third-order valence-corrected chi connectivity index (χ3v) is 36.7. The van der Waals surface area contributed by atoms with E-state index in [1.54, 1.807) is 33.4 Å². The molecule has 3 spiro atoms. The van der Waals surface area contributed by atoms with E-state index in [1.165, 1.54) is 207 Å². The van der Waals surface area contributed by atoms with Gasteiger partial charge in [0.2, 0.25) is 0 Å². The zero-order chi connectivity index (χ0) is 90.5. The number of para-hydroxylation sites is 4. The largest absolute Gasteiger partial charge is 0.456 e. The van der Waals surface area contributed by atoms with Gasteiger partial charge in [0.15, 0.2) is 0 Å². The molecule has 12 saturated carbocycles. The highest BCUT2D eigenvalue weighted by Crippen LogP contribution is 2.74. The molecule has 0 N–H and O–H groups in total. The van der Waals surface area contributed by atoms with Crippen LogP contribution < -0.4 is 14.7 Å². The molecule has 0 saturated heterocycles. The van der Waals surface area contributed by atoms with Crippen molar-refractivity contribution in [3.05, 3.63) is 452 Å². The Morgan fingerprint density at radius 1 is 0.174 bits per heavy atom. The first kappa shape index (κ1) is 80.9. The Morgan fingerprint density at radius 3 is 0.899 bits per heavy atom. The van der Waals surface area contributed by atoms with E-state index in [0.717, 1.165) is 121 Å². The lowest BCUT2D eigenvalue weighted by atomic mass is 9.43. The monoisotopic (exact) mass is 1780 g/mol. The zero-order valence-corrected chi connectivity index (χ0v) is 78.1. The van der Waals surface area contributed by atoms with Gasteiger partial charge >= 0.3 is 0 Å². The molecule has 1 aromatic heterocycles. The van der Waals surface area contributed by atoms with E-state index in [0.29, 0.717) is 0 Å². The summed E-state index contributed by atoms with van der Waals surface area (Å²) >= 11 is 0. The van der Waals surface area contributed by atoms with E-state index in [4.69, 9.17) is 4.42 Å². The van der Waals surface area contributed by atoms with Crippen molar-refractivity contribution in [2.75, 3.05) is 14.7 Å². The minimum atomic E-state index is 0.221. The molecule has 12 bridgehead atoms. The molecule has 0 amide bonds. The molecule has 15 aliphatic rings. The van der Waals surface area contributed by atoms with Crippen molar-refractivity contribution < 1.29 is 4.42 Å². The summed E-state index contributed by atoms with van der Waals surface area (Å²) in [6.07, 6.45) is 21.6. The van der Waals surface area contributed by atoms with Crippen LogP contribution in [0.25, 0.3) is 110 Å². The number of fused-ring (bicyclic) bond motifs is 14. The first-order chi connectivity index (χ1) is 68.3. The van der Waals surface area contributed by atoms with E-state index in [2.05, 4.69) is 421 Å². The van der Waals surface area contributed by atoms with Gasteiger partial charge in [-0.1, -0.05) is 285 Å². The van der Waals surface area contributed by atoms with E-state index in [9.17, 15) is 0 Å². The van der Waals surface area contributed by atoms with Gasteiger partial charge < -0.3 is 19.1 Å². The molecule has 12 fully saturated rings. The number of nitrogens with zero attached hydrogens (tertiary/aromatic N) is 3. The molecular formula is C134H111N3O. The van der Waals surface area contributed by atoms with Crippen molar-refractivity contribution >= 4 is 94.7 Å². The number of benzene rings is 18. The fraction of sp³-hybridized carbons (Fsp3) is 0.224. The third-order valence-electron chi connectivity index (χ3n) is 36.7. The molecule has 668 valence electrons. The first-order valence-electron chi connectivity index (χ1n) is 51.7. The van der Waals surface area contributed by atoms with Crippen LogP contribution in [0.1, 0.15) is 130 Å². The zero-order valence-electron chi connectivity index (χ0n) is 78.1. The quantitative estimate of drug-likeness (QED) is 0.122. The van der Waals surface area contributed by atoms with Crippen LogP contribution in [0.4, 0.5) is 51.2 Å². The van der Waals surface area contributed by atoms with Crippen LogP contribution >= 0.6 is 0 Å². The molecule has 19 aromatic rings. The molecule has 0 unspecified atom stereocenters. The second-order valence-corrected chi connectivity index (χ2v) is 43.4. The lowest BCUT2D eigenvalue weighted by molar-refractivity contribution is -0.0399. The van der Waals surface area contributed by atoms with Gasteiger partial charge in [0, 0.05) is 84.0 Å². The summed E-state index contributed by atoms with van der Waals surface area (Å²) in [5.41, 5.74) is 39.3. The minimum Gasteiger partial charge on any atom is -0.456 e. The Hall–Kier alpha value is -14.3. The van der Waals surface area contributed by atoms with Gasteiger partial charge in [0.05, 0.1) is 5.69 Å². The fourth-order valence-corrected chi connectivity index (χ4v) is 32.0. The van der Waals surface area contributed by atoms with Gasteiger partial charge in [0.25, 0.3) is 0 Å². The summed E-state index contributed by atoms with van der Waals surface area (Å²) in [6, 6.07) is 156. The molecule has 4 heteroatoms. The maximum atomic E-state index is 6.30. The van der Waals surface area contributed by atoms with Crippen molar-refractivity contribution in [1.29, 1.82) is 0 Å². The fourth-order valence-electron chi connectivity index (χ4n) is 32.0. The maximum Gasteiger partial charge on any atom is 0.137 e. The number of rotatable bonds is 12. The molecule has 0 aliphatic heterocycles. The molecule has 18 aromatic carbocycles. The van der Waals surface area contributed by atoms with E-state index >= 15 is 0 Å². The molecule has 138 heavy (non-hydrogen) atoms. The Bertz CT molecular complexity index is 7910. The van der Waals surface area contributed by atoms with Crippen LogP contribution in [0.15, 0.2) is 423 Å². The Morgan fingerprint density at radius 2 is 0.471 bits per heavy atom. The predicted octanol–water partition coefficient (Wildman–Crippen LogP) is 35.8. The number of furan rings is 1. The van der Waals surface area contributed by atoms with Crippen molar-refractivity contribution in [3.63, 3.8) is 0 Å². The third kappa shape index (κ3) is 12.5. The van der Waals surface area contributed by atoms with Crippen LogP contribution in [0, 0.1) is 71.0 Å². The highest BCUT2D eigenvalue weighted by Gasteiger charge is 2.65. The molecule has 4 nitrogen and oxygen atoms in total. The summed E-state index contributed by atoms with van der Waals surface area (Å²) in [4.78, 5) is 7.08. The molecule has 15 aliphatic carbocycles. The van der Waals surface area contributed by atoms with E-state index in [1.807, 2.05) is 12.1 Å². The van der Waals surface area contributed by atoms with Crippen molar-refractivity contribution in [2.45, 2.75) is 113 Å². The Kier molecular flexibility index (Phi) is 18.7. The van der Waals surface area contributed by atoms with Gasteiger partial charge in [0.1, 0.15) is 11.2 Å². The molecule has 1 heterocycles. The summed E-state index contributed by atoms with van der Waals surface area (Å²) in [5.74, 6) is 10.6. The molecule has 0 atom stereocenters. The van der Waals surface area contributed by atoms with Crippen molar-refractivity contribution in [3.8, 4) is 66.8 Å². The van der Waals surface area contributed by atoms with Crippen molar-refractivity contribution in [1.82, 2.24) is 0 Å². The van der Waals surface area contributed by atoms with Gasteiger partial charge in [-0.2, -0.15) is 0 Å². The van der Waals surface area contributed by atoms with Gasteiger partial charge in [-0.15, -0.1) is 0 Å². The predicted molar refractivity (Wildman–Crippen MR) is 572 cm³/mol. The van der Waals surface area contributed by atoms with Crippen LogP contribution in [0.5, 0.6) is 0 Å². The van der Waals surface area contributed by atoms with E-state index in [-0.39, 0.29) is 16.2 Å². The topological polar surface area (TPSA) is 22.9 Å². The second-order valence-electron chi connectivity index (χ2n) is 43.4. The summed E-state index contributed by atoms with van der Waals surface area (Å²) < 4.78 is 6.30. The van der Waals surface area contributed by atoms with Crippen molar-refractivity contribution in [2.24, 2.45) is 71.0 Å². The average molecular weight is 1780 g/mol. The summed E-state index contributed by atoms with van der Waals surface area (Å²) in [5, 5.41) is 7.32. The molecular weight excluding hydrogens is 1670 g/mol. The number of hydrogen-bond acceptors (Lipinski definition) is 4. The van der Waals surface area contributed by atoms with Crippen LogP contribution in [-0.4, -0.2) is 0 Å². The SMILES string of the molecule is c1ccc(N(c2ccc(-c3ccc4c(c3)-c3ccccc3C43C4CC5CC(C4)CC3C5)cc2)c2ccc3c(c2)oc2ccccc23)cc1.c1ccc(N(c2ccc(-c3ccc4c(c3)-c3ccccc3C43C4CC5CC(C4)CC3C5)cc2)c2ccc3ccccc3c2)cc1.c1ccc(N(c2ccc(-c3ccc4c(c3)-c3ccccc3C43C4CC5CC(C4)CC3C5)cc2)c2cccc3ccccc23)cc1. The van der Waals surface area contributed by atoms with Crippen LogP contribution in [0.3, 0.4) is 0 Å². The summed E-state index contributed by atoms with van der Waals surface area (Å²) in [7, 11) is 0. The lowest BCUT2D eigenvalue weighted by Gasteiger charge is -2.61. The number of anilines is 9. The molecule has 34 rings (SSSR count). The van der Waals surface area contributed by atoms with E-state index < -0.39 is 0 Å². The number of hydrogen-bond donors (Lipinski definition) is 0. The van der Waals surface area contributed by atoms with Crippen LogP contribution in [-0.2, 0) is 16.2 Å². The van der Waals surface area contributed by atoms with Gasteiger partial charge in [-0.25, -0.2) is 0 Å². The smallest absolute Gasteiger partial charge is 0.137 e. The highest BCUT2D eigenvalue weighted by molar-refractivity contribution is 6.07. The Labute approximate surface area is 810 Å². The Balaban J connectivity index is 0.0000000999. The second kappa shape index (κ2) is 31.9. The first-order valence-corrected chi connectivity index (χ1v) is 51.7. The van der Waals surface area contributed by atoms with Gasteiger partial charge in [-0.05, 0) is 411 Å². The molecule has 0 radical (unpaired) electrons.